The van der Waals surface area contributed by atoms with E-state index in [0.717, 1.165) is 16.2 Å². The third kappa shape index (κ3) is 4.34. The second-order valence-electron chi connectivity index (χ2n) is 6.56. The van der Waals surface area contributed by atoms with Gasteiger partial charge < -0.3 is 9.64 Å². The molecule has 1 aliphatic rings. The summed E-state index contributed by atoms with van der Waals surface area (Å²) in [5.41, 5.74) is 1.98. The molecule has 6 nitrogen and oxygen atoms in total. The van der Waals surface area contributed by atoms with Gasteiger partial charge in [0.05, 0.1) is 12.2 Å². The molecular formula is C21H22N2O4. The third-order valence-electron chi connectivity index (χ3n) is 4.43. The highest BCUT2D eigenvalue weighted by Gasteiger charge is 2.30. The van der Waals surface area contributed by atoms with Crippen molar-refractivity contribution in [2.45, 2.75) is 19.8 Å². The Morgan fingerprint density at radius 3 is 2.48 bits per heavy atom. The standard InChI is InChI=1S/C21H22N2O4/c1-15-5-3-8-18(13-15)27-12-11-22(2)21(26)16-6-4-7-17(14-16)23-19(24)9-10-20(23)25/h3-8,13-14H,9-12H2,1-2H3. The molecule has 3 rings (SSSR count). The van der Waals surface area contributed by atoms with Gasteiger partial charge in [-0.05, 0) is 42.8 Å². The van der Waals surface area contributed by atoms with Crippen LogP contribution in [0.5, 0.6) is 5.75 Å². The van der Waals surface area contributed by atoms with E-state index in [9.17, 15) is 14.4 Å². The molecule has 0 bridgehead atoms. The van der Waals surface area contributed by atoms with Gasteiger partial charge in [-0.3, -0.25) is 19.3 Å². The second kappa shape index (κ2) is 8.03. The van der Waals surface area contributed by atoms with Crippen LogP contribution >= 0.6 is 0 Å². The van der Waals surface area contributed by atoms with Gasteiger partial charge in [-0.2, -0.15) is 0 Å². The smallest absolute Gasteiger partial charge is 0.253 e. The fourth-order valence-corrected chi connectivity index (χ4v) is 2.97. The predicted molar refractivity (Wildman–Crippen MR) is 102 cm³/mol. The van der Waals surface area contributed by atoms with Crippen molar-refractivity contribution >= 4 is 23.4 Å². The lowest BCUT2D eigenvalue weighted by Crippen LogP contribution is -2.32. The highest BCUT2D eigenvalue weighted by molar-refractivity contribution is 6.20. The summed E-state index contributed by atoms with van der Waals surface area (Å²) >= 11 is 0. The lowest BCUT2D eigenvalue weighted by Gasteiger charge is -2.19. The summed E-state index contributed by atoms with van der Waals surface area (Å²) in [4.78, 5) is 39.1. The van der Waals surface area contributed by atoms with E-state index in [1.165, 1.54) is 0 Å². The average molecular weight is 366 g/mol. The molecule has 3 amide bonds. The maximum absolute atomic E-state index is 12.7. The number of imide groups is 1. The van der Waals surface area contributed by atoms with E-state index in [0.29, 0.717) is 24.4 Å². The lowest BCUT2D eigenvalue weighted by molar-refractivity contribution is -0.121. The van der Waals surface area contributed by atoms with Crippen LogP contribution in [-0.4, -0.2) is 42.8 Å². The fourth-order valence-electron chi connectivity index (χ4n) is 2.97. The number of rotatable bonds is 6. The van der Waals surface area contributed by atoms with Gasteiger partial charge in [0.15, 0.2) is 0 Å². The van der Waals surface area contributed by atoms with Crippen molar-refractivity contribution in [3.05, 3.63) is 59.7 Å². The molecule has 140 valence electrons. The van der Waals surface area contributed by atoms with Crippen LogP contribution in [0.2, 0.25) is 0 Å². The van der Waals surface area contributed by atoms with Gasteiger partial charge >= 0.3 is 0 Å². The molecule has 1 heterocycles. The molecule has 0 radical (unpaired) electrons. The average Bonchev–Trinajstić information content (AvgIpc) is 2.99. The first kappa shape index (κ1) is 18.6. The number of carbonyl (C=O) groups excluding carboxylic acids is 3. The Bertz CT molecular complexity index is 862. The Balaban J connectivity index is 1.62. The molecule has 0 spiro atoms. The maximum atomic E-state index is 12.7. The molecule has 0 unspecified atom stereocenters. The number of hydrogen-bond donors (Lipinski definition) is 0. The number of aryl methyl sites for hydroxylation is 1. The fraction of sp³-hybridized carbons (Fsp3) is 0.286. The third-order valence-corrected chi connectivity index (χ3v) is 4.43. The van der Waals surface area contributed by atoms with E-state index in [-0.39, 0.29) is 30.6 Å². The molecule has 0 atom stereocenters. The van der Waals surface area contributed by atoms with Crippen molar-refractivity contribution in [1.82, 2.24) is 4.90 Å². The topological polar surface area (TPSA) is 66.9 Å². The van der Waals surface area contributed by atoms with Crippen LogP contribution < -0.4 is 9.64 Å². The van der Waals surface area contributed by atoms with Crippen LogP contribution in [0.3, 0.4) is 0 Å². The number of benzene rings is 2. The van der Waals surface area contributed by atoms with Gasteiger partial charge in [-0.1, -0.05) is 18.2 Å². The van der Waals surface area contributed by atoms with Crippen LogP contribution in [0, 0.1) is 6.92 Å². The minimum absolute atomic E-state index is 0.191. The van der Waals surface area contributed by atoms with E-state index >= 15 is 0 Å². The van der Waals surface area contributed by atoms with Crippen molar-refractivity contribution in [2.24, 2.45) is 0 Å². The van der Waals surface area contributed by atoms with Crippen LogP contribution in [0.25, 0.3) is 0 Å². The molecule has 6 heteroatoms. The first-order valence-electron chi connectivity index (χ1n) is 8.86. The largest absolute Gasteiger partial charge is 0.492 e. The summed E-state index contributed by atoms with van der Waals surface area (Å²) in [7, 11) is 1.70. The first-order valence-corrected chi connectivity index (χ1v) is 8.86. The van der Waals surface area contributed by atoms with Crippen LogP contribution in [-0.2, 0) is 9.59 Å². The summed E-state index contributed by atoms with van der Waals surface area (Å²) in [5, 5.41) is 0. The molecular weight excluding hydrogens is 344 g/mol. The van der Waals surface area contributed by atoms with Crippen LogP contribution in [0.4, 0.5) is 5.69 Å². The van der Waals surface area contributed by atoms with Crippen molar-refractivity contribution in [1.29, 1.82) is 0 Å². The first-order chi connectivity index (χ1) is 13.0. The van der Waals surface area contributed by atoms with E-state index < -0.39 is 0 Å². The Hall–Kier alpha value is -3.15. The van der Waals surface area contributed by atoms with E-state index in [2.05, 4.69) is 0 Å². The van der Waals surface area contributed by atoms with Gasteiger partial charge in [-0.15, -0.1) is 0 Å². The van der Waals surface area contributed by atoms with E-state index in [1.54, 1.807) is 36.2 Å². The molecule has 1 fully saturated rings. The SMILES string of the molecule is Cc1cccc(OCCN(C)C(=O)c2cccc(N3C(=O)CCC3=O)c2)c1. The number of ether oxygens (including phenoxy) is 1. The zero-order valence-electron chi connectivity index (χ0n) is 15.5. The van der Waals surface area contributed by atoms with Gasteiger partial charge in [-0.25, -0.2) is 0 Å². The molecule has 0 aromatic heterocycles. The highest BCUT2D eigenvalue weighted by atomic mass is 16.5. The molecule has 2 aromatic carbocycles. The van der Waals surface area contributed by atoms with Gasteiger partial charge in [0.1, 0.15) is 12.4 Å². The highest BCUT2D eigenvalue weighted by Crippen LogP contribution is 2.23. The number of nitrogens with zero attached hydrogens (tertiary/aromatic N) is 2. The van der Waals surface area contributed by atoms with Crippen LogP contribution in [0.15, 0.2) is 48.5 Å². The molecule has 1 saturated heterocycles. The predicted octanol–water partition coefficient (Wildman–Crippen LogP) is 2.80. The summed E-state index contributed by atoms with van der Waals surface area (Å²) in [6.07, 6.45) is 0.431. The summed E-state index contributed by atoms with van der Waals surface area (Å²) < 4.78 is 5.69. The molecule has 0 saturated carbocycles. The number of amides is 3. The number of likely N-dealkylation sites (N-methyl/N-ethyl adjacent to an activating group) is 1. The minimum Gasteiger partial charge on any atom is -0.492 e. The van der Waals surface area contributed by atoms with E-state index in [1.807, 2.05) is 31.2 Å². The molecule has 1 aliphatic heterocycles. The number of carbonyl (C=O) groups is 3. The zero-order valence-corrected chi connectivity index (χ0v) is 15.5. The van der Waals surface area contributed by atoms with Crippen molar-refractivity contribution in [3.63, 3.8) is 0 Å². The van der Waals surface area contributed by atoms with E-state index in [4.69, 9.17) is 4.74 Å². The second-order valence-corrected chi connectivity index (χ2v) is 6.56. The van der Waals surface area contributed by atoms with Gasteiger partial charge in [0, 0.05) is 25.5 Å². The quantitative estimate of drug-likeness (QED) is 0.738. The monoisotopic (exact) mass is 366 g/mol. The molecule has 27 heavy (non-hydrogen) atoms. The Labute approximate surface area is 158 Å². The van der Waals surface area contributed by atoms with Gasteiger partial charge in [0.2, 0.25) is 11.8 Å². The minimum atomic E-state index is -0.232. The molecule has 2 aromatic rings. The zero-order chi connectivity index (χ0) is 19.4. The summed E-state index contributed by atoms with van der Waals surface area (Å²) in [6.45, 7) is 2.78. The Morgan fingerprint density at radius 2 is 1.78 bits per heavy atom. The number of anilines is 1. The normalized spacial score (nSPS) is 13.8. The maximum Gasteiger partial charge on any atom is 0.253 e. The Morgan fingerprint density at radius 1 is 1.07 bits per heavy atom. The lowest BCUT2D eigenvalue weighted by atomic mass is 10.1. The Kier molecular flexibility index (Phi) is 5.54. The molecule has 0 aliphatic carbocycles. The summed E-state index contributed by atoms with van der Waals surface area (Å²) in [6, 6.07) is 14.3. The van der Waals surface area contributed by atoms with Crippen molar-refractivity contribution in [2.75, 3.05) is 25.1 Å². The van der Waals surface area contributed by atoms with Crippen molar-refractivity contribution in [3.8, 4) is 5.75 Å². The molecule has 0 N–H and O–H groups in total. The van der Waals surface area contributed by atoms with Gasteiger partial charge in [0.25, 0.3) is 5.91 Å². The number of hydrogen-bond acceptors (Lipinski definition) is 4. The summed E-state index contributed by atoms with van der Waals surface area (Å²) in [5.74, 6) is 0.113. The van der Waals surface area contributed by atoms with Crippen molar-refractivity contribution < 1.29 is 19.1 Å². The van der Waals surface area contributed by atoms with Crippen LogP contribution in [0.1, 0.15) is 28.8 Å².